The number of rotatable bonds is 4. The van der Waals surface area contributed by atoms with Crippen molar-refractivity contribution in [3.05, 3.63) is 0 Å². The van der Waals surface area contributed by atoms with E-state index in [9.17, 15) is 14.4 Å². The smallest absolute Gasteiger partial charge is 0.315 e. The molecule has 5 N–H and O–H groups in total. The fourth-order valence-corrected chi connectivity index (χ4v) is 2.05. The molecule has 0 aromatic rings. The van der Waals surface area contributed by atoms with Crippen molar-refractivity contribution in [1.29, 1.82) is 0 Å². The van der Waals surface area contributed by atoms with Gasteiger partial charge in [0.1, 0.15) is 5.54 Å². The van der Waals surface area contributed by atoms with Gasteiger partial charge in [-0.15, -0.1) is 0 Å². The Bertz CT molecular complexity index is 373. The van der Waals surface area contributed by atoms with Crippen molar-refractivity contribution in [2.75, 3.05) is 0 Å². The van der Waals surface area contributed by atoms with Crippen LogP contribution in [-0.2, 0) is 9.59 Å². The monoisotopic (exact) mass is 271 g/mol. The molecular weight excluding hydrogens is 250 g/mol. The van der Waals surface area contributed by atoms with E-state index in [4.69, 9.17) is 10.8 Å². The molecule has 0 aromatic carbocycles. The first-order valence-corrected chi connectivity index (χ1v) is 6.33. The molecule has 0 aromatic heterocycles. The lowest BCUT2D eigenvalue weighted by Crippen LogP contribution is -2.57. The van der Waals surface area contributed by atoms with Gasteiger partial charge in [-0.05, 0) is 39.5 Å². The lowest BCUT2D eigenvalue weighted by molar-refractivity contribution is -0.142. The number of amides is 3. The van der Waals surface area contributed by atoms with E-state index in [1.54, 1.807) is 0 Å². The molecule has 108 valence electrons. The van der Waals surface area contributed by atoms with Crippen molar-refractivity contribution < 1.29 is 19.5 Å². The van der Waals surface area contributed by atoms with Crippen LogP contribution in [0.1, 0.15) is 39.5 Å². The molecule has 1 fully saturated rings. The molecule has 0 unspecified atom stereocenters. The number of carbonyl (C=O) groups excluding carboxylic acids is 2. The van der Waals surface area contributed by atoms with Gasteiger partial charge in [0.05, 0.1) is 5.92 Å². The molecule has 1 rings (SSSR count). The van der Waals surface area contributed by atoms with Crippen LogP contribution in [0.5, 0.6) is 0 Å². The molecule has 3 amide bonds. The fraction of sp³-hybridized carbons (Fsp3) is 0.750. The molecule has 0 heterocycles. The van der Waals surface area contributed by atoms with Crippen LogP contribution in [0.2, 0.25) is 0 Å². The van der Waals surface area contributed by atoms with E-state index in [0.717, 1.165) is 0 Å². The number of hydrogen-bond acceptors (Lipinski definition) is 3. The van der Waals surface area contributed by atoms with Crippen molar-refractivity contribution >= 4 is 17.9 Å². The standard InChI is InChI=1S/C12H21N3O4/c1-12(2,10(13)18)15-11(19)14-8-5-3-7(4-6-8)9(16)17/h7-8H,3-6H2,1-2H3,(H2,13,18)(H,16,17)(H2,14,15,19). The first-order chi connectivity index (χ1) is 8.72. The van der Waals surface area contributed by atoms with Gasteiger partial charge >= 0.3 is 12.0 Å². The van der Waals surface area contributed by atoms with Crippen molar-refractivity contribution in [2.45, 2.75) is 51.1 Å². The van der Waals surface area contributed by atoms with Gasteiger partial charge in [-0.2, -0.15) is 0 Å². The van der Waals surface area contributed by atoms with Gasteiger partial charge in [0.15, 0.2) is 0 Å². The van der Waals surface area contributed by atoms with Crippen LogP contribution in [0.25, 0.3) is 0 Å². The second-order valence-electron chi connectivity index (χ2n) is 5.47. The predicted molar refractivity (Wildman–Crippen MR) is 68.3 cm³/mol. The Kier molecular flexibility index (Phi) is 4.74. The van der Waals surface area contributed by atoms with Crippen LogP contribution in [-0.4, -0.2) is 34.6 Å². The van der Waals surface area contributed by atoms with Crippen molar-refractivity contribution in [1.82, 2.24) is 10.6 Å². The van der Waals surface area contributed by atoms with Gasteiger partial charge in [0.2, 0.25) is 5.91 Å². The Balaban J connectivity index is 2.39. The van der Waals surface area contributed by atoms with Crippen LogP contribution in [0, 0.1) is 5.92 Å². The summed E-state index contributed by atoms with van der Waals surface area (Å²) in [5, 5.41) is 14.1. The minimum atomic E-state index is -1.11. The molecule has 0 radical (unpaired) electrons. The van der Waals surface area contributed by atoms with E-state index >= 15 is 0 Å². The second kappa shape index (κ2) is 5.90. The third kappa shape index (κ3) is 4.42. The van der Waals surface area contributed by atoms with Gasteiger partial charge < -0.3 is 21.5 Å². The molecule has 7 nitrogen and oxygen atoms in total. The number of carbonyl (C=O) groups is 3. The Morgan fingerprint density at radius 2 is 1.68 bits per heavy atom. The number of nitrogens with two attached hydrogens (primary N) is 1. The number of carboxylic acid groups (broad SMARTS) is 1. The van der Waals surface area contributed by atoms with E-state index < -0.39 is 23.4 Å². The average Bonchev–Trinajstić information content (AvgIpc) is 2.28. The van der Waals surface area contributed by atoms with Crippen LogP contribution >= 0.6 is 0 Å². The van der Waals surface area contributed by atoms with E-state index in [0.29, 0.717) is 25.7 Å². The molecule has 1 aliphatic rings. The molecule has 1 saturated carbocycles. The topological polar surface area (TPSA) is 122 Å². The van der Waals surface area contributed by atoms with Crippen molar-refractivity contribution in [3.8, 4) is 0 Å². The summed E-state index contributed by atoms with van der Waals surface area (Å²) in [6, 6.07) is -0.512. The minimum absolute atomic E-state index is 0.0562. The quantitative estimate of drug-likeness (QED) is 0.583. The number of nitrogens with one attached hydrogen (secondary N) is 2. The highest BCUT2D eigenvalue weighted by molar-refractivity contribution is 5.89. The van der Waals surface area contributed by atoms with Crippen molar-refractivity contribution in [2.24, 2.45) is 11.7 Å². The lowest BCUT2D eigenvalue weighted by Gasteiger charge is -2.29. The number of urea groups is 1. The third-order valence-corrected chi connectivity index (χ3v) is 3.45. The van der Waals surface area contributed by atoms with E-state index in [1.807, 2.05) is 0 Å². The summed E-state index contributed by atoms with van der Waals surface area (Å²) < 4.78 is 0. The Hall–Kier alpha value is -1.79. The van der Waals surface area contributed by atoms with Gasteiger partial charge in [-0.25, -0.2) is 4.79 Å². The highest BCUT2D eigenvalue weighted by Crippen LogP contribution is 2.24. The normalized spacial score (nSPS) is 23.5. The molecule has 0 atom stereocenters. The van der Waals surface area contributed by atoms with Gasteiger partial charge in [-0.3, -0.25) is 9.59 Å². The van der Waals surface area contributed by atoms with E-state index in [2.05, 4.69) is 10.6 Å². The highest BCUT2D eigenvalue weighted by Gasteiger charge is 2.30. The van der Waals surface area contributed by atoms with Crippen LogP contribution in [0.4, 0.5) is 4.79 Å². The molecule has 0 saturated heterocycles. The van der Waals surface area contributed by atoms with Crippen molar-refractivity contribution in [3.63, 3.8) is 0 Å². The average molecular weight is 271 g/mol. The maximum absolute atomic E-state index is 11.7. The Morgan fingerprint density at radius 1 is 1.16 bits per heavy atom. The first-order valence-electron chi connectivity index (χ1n) is 6.33. The lowest BCUT2D eigenvalue weighted by atomic mass is 9.86. The maximum Gasteiger partial charge on any atom is 0.315 e. The second-order valence-corrected chi connectivity index (χ2v) is 5.47. The zero-order chi connectivity index (χ0) is 14.6. The van der Waals surface area contributed by atoms with Crippen LogP contribution in [0.15, 0.2) is 0 Å². The van der Waals surface area contributed by atoms with E-state index in [1.165, 1.54) is 13.8 Å². The largest absolute Gasteiger partial charge is 0.481 e. The summed E-state index contributed by atoms with van der Waals surface area (Å²) >= 11 is 0. The number of carboxylic acids is 1. The van der Waals surface area contributed by atoms with E-state index in [-0.39, 0.29) is 12.0 Å². The minimum Gasteiger partial charge on any atom is -0.481 e. The SMILES string of the molecule is CC(C)(NC(=O)NC1CCC(C(=O)O)CC1)C(N)=O. The van der Waals surface area contributed by atoms with Gasteiger partial charge in [-0.1, -0.05) is 0 Å². The maximum atomic E-state index is 11.7. The number of hydrogen-bond donors (Lipinski definition) is 4. The van der Waals surface area contributed by atoms with Crippen LogP contribution < -0.4 is 16.4 Å². The van der Waals surface area contributed by atoms with Gasteiger partial charge in [0.25, 0.3) is 0 Å². The summed E-state index contributed by atoms with van der Waals surface area (Å²) in [5.41, 5.74) is 4.05. The predicted octanol–water partition coefficient (Wildman–Crippen LogP) is 0.193. The highest BCUT2D eigenvalue weighted by atomic mass is 16.4. The summed E-state index contributed by atoms with van der Waals surface area (Å²) in [6.07, 6.45) is 2.36. The summed E-state index contributed by atoms with van der Waals surface area (Å²) in [5.74, 6) is -1.71. The summed E-state index contributed by atoms with van der Waals surface area (Å²) in [4.78, 5) is 33.6. The molecule has 0 bridgehead atoms. The molecule has 7 heteroatoms. The molecule has 0 aliphatic heterocycles. The summed E-state index contributed by atoms with van der Waals surface area (Å²) in [7, 11) is 0. The first kappa shape index (κ1) is 15.3. The third-order valence-electron chi connectivity index (χ3n) is 3.45. The number of primary amides is 1. The van der Waals surface area contributed by atoms with Crippen LogP contribution in [0.3, 0.4) is 0 Å². The Labute approximate surface area is 111 Å². The van der Waals surface area contributed by atoms with Gasteiger partial charge in [0, 0.05) is 6.04 Å². The summed E-state index contributed by atoms with van der Waals surface area (Å²) in [6.45, 7) is 3.05. The zero-order valence-electron chi connectivity index (χ0n) is 11.2. The number of aliphatic carboxylic acids is 1. The fourth-order valence-electron chi connectivity index (χ4n) is 2.05. The molecule has 0 spiro atoms. The molecule has 19 heavy (non-hydrogen) atoms. The Morgan fingerprint density at radius 3 is 2.11 bits per heavy atom. The molecule has 1 aliphatic carbocycles. The zero-order valence-corrected chi connectivity index (χ0v) is 11.2. The molecular formula is C12H21N3O4.